The van der Waals surface area contributed by atoms with Crippen molar-refractivity contribution in [1.82, 2.24) is 9.13 Å². The summed E-state index contributed by atoms with van der Waals surface area (Å²) in [5.74, 6) is 0. The summed E-state index contributed by atoms with van der Waals surface area (Å²) in [5, 5.41) is 7.79. The standard InChI is InChI=1S/C55H32N2S/c1-2-14-33(15-3-1)56-49-28-26-34(57-48-24-12-7-20-40(48)53-50(57)29-27-39-38-19-8-13-25-52(38)58-54(39)53)30-42(49)43-31-41-37-18-6-11-23-46(37)55(47(41)32-51(43)56)44-21-9-4-16-35(44)36-17-5-10-22-45(36)55/h1-32H. The van der Waals surface area contributed by atoms with Gasteiger partial charge in [-0.25, -0.2) is 0 Å². The number of para-hydroxylation sites is 2. The number of hydrogen-bond acceptors (Lipinski definition) is 1. The minimum atomic E-state index is -0.405. The Kier molecular flexibility index (Phi) is 5.87. The Morgan fingerprint density at radius 2 is 0.897 bits per heavy atom. The molecule has 0 aliphatic heterocycles. The highest BCUT2D eigenvalue weighted by Gasteiger charge is 2.51. The number of fused-ring (bicyclic) bond motifs is 20. The van der Waals surface area contributed by atoms with Crippen LogP contribution in [0.4, 0.5) is 0 Å². The number of aromatic nitrogens is 2. The molecule has 0 N–H and O–H groups in total. The number of thiophene rings is 1. The predicted molar refractivity (Wildman–Crippen MR) is 244 cm³/mol. The fourth-order valence-electron chi connectivity index (χ4n) is 11.1. The molecule has 0 amide bonds. The topological polar surface area (TPSA) is 9.86 Å². The van der Waals surface area contributed by atoms with Crippen molar-refractivity contribution < 1.29 is 0 Å². The molecule has 1 spiro atoms. The third kappa shape index (κ3) is 3.69. The monoisotopic (exact) mass is 752 g/mol. The molecule has 3 heteroatoms. The highest BCUT2D eigenvalue weighted by atomic mass is 32.1. The van der Waals surface area contributed by atoms with Crippen molar-refractivity contribution in [3.63, 3.8) is 0 Å². The fourth-order valence-corrected chi connectivity index (χ4v) is 12.4. The van der Waals surface area contributed by atoms with Crippen LogP contribution in [0.3, 0.4) is 0 Å². The molecule has 3 heterocycles. The number of benzene rings is 9. The Bertz CT molecular complexity index is 3700. The summed E-state index contributed by atoms with van der Waals surface area (Å²) in [6.07, 6.45) is 0. The second-order valence-corrected chi connectivity index (χ2v) is 17.0. The molecule has 58 heavy (non-hydrogen) atoms. The van der Waals surface area contributed by atoms with Crippen LogP contribution in [0, 0.1) is 0 Å². The molecule has 3 aromatic heterocycles. The van der Waals surface area contributed by atoms with Gasteiger partial charge in [-0.2, -0.15) is 0 Å². The van der Waals surface area contributed by atoms with Gasteiger partial charge in [-0.3, -0.25) is 0 Å². The van der Waals surface area contributed by atoms with Gasteiger partial charge in [0.05, 0.1) is 27.5 Å². The summed E-state index contributed by atoms with van der Waals surface area (Å²) >= 11 is 1.91. The Labute approximate surface area is 338 Å². The van der Waals surface area contributed by atoms with Gasteiger partial charge in [0.25, 0.3) is 0 Å². The van der Waals surface area contributed by atoms with E-state index in [4.69, 9.17) is 0 Å². The van der Waals surface area contributed by atoms with Crippen molar-refractivity contribution >= 4 is 75.1 Å². The first kappa shape index (κ1) is 31.0. The number of rotatable bonds is 2. The van der Waals surface area contributed by atoms with Gasteiger partial charge in [0.15, 0.2) is 0 Å². The molecule has 0 saturated heterocycles. The zero-order chi connectivity index (χ0) is 37.7. The van der Waals surface area contributed by atoms with E-state index in [2.05, 4.69) is 203 Å². The first-order chi connectivity index (χ1) is 28.8. The predicted octanol–water partition coefficient (Wildman–Crippen LogP) is 14.6. The molecule has 2 aliphatic rings. The molecule has 9 aromatic carbocycles. The van der Waals surface area contributed by atoms with E-state index in [1.54, 1.807) is 0 Å². The van der Waals surface area contributed by atoms with Gasteiger partial charge in [0.1, 0.15) is 0 Å². The van der Waals surface area contributed by atoms with Crippen LogP contribution >= 0.6 is 11.3 Å². The normalized spacial score (nSPS) is 13.7. The Morgan fingerprint density at radius 3 is 1.66 bits per heavy atom. The molecule has 0 atom stereocenters. The van der Waals surface area contributed by atoms with Gasteiger partial charge in [-0.05, 0) is 105 Å². The zero-order valence-corrected chi connectivity index (χ0v) is 32.1. The maximum atomic E-state index is 2.54. The molecular weight excluding hydrogens is 721 g/mol. The highest BCUT2D eigenvalue weighted by Crippen LogP contribution is 2.63. The van der Waals surface area contributed by atoms with Gasteiger partial charge in [-0.1, -0.05) is 133 Å². The lowest BCUT2D eigenvalue weighted by molar-refractivity contribution is 0.794. The van der Waals surface area contributed by atoms with E-state index < -0.39 is 5.41 Å². The molecule has 12 aromatic rings. The lowest BCUT2D eigenvalue weighted by Crippen LogP contribution is -2.25. The molecule has 268 valence electrons. The van der Waals surface area contributed by atoms with Crippen LogP contribution in [0.1, 0.15) is 22.3 Å². The van der Waals surface area contributed by atoms with Crippen molar-refractivity contribution in [1.29, 1.82) is 0 Å². The largest absolute Gasteiger partial charge is 0.309 e. The van der Waals surface area contributed by atoms with E-state index in [0.29, 0.717) is 0 Å². The molecule has 0 bridgehead atoms. The Hall–Kier alpha value is -7.20. The van der Waals surface area contributed by atoms with Crippen LogP contribution in [0.15, 0.2) is 194 Å². The lowest BCUT2D eigenvalue weighted by atomic mass is 9.70. The minimum absolute atomic E-state index is 0.405. The van der Waals surface area contributed by atoms with Crippen LogP contribution in [0.2, 0.25) is 0 Å². The van der Waals surface area contributed by atoms with E-state index in [9.17, 15) is 0 Å². The molecule has 0 radical (unpaired) electrons. The van der Waals surface area contributed by atoms with Crippen molar-refractivity contribution in [2.75, 3.05) is 0 Å². The summed E-state index contributed by atoms with van der Waals surface area (Å²) in [6, 6.07) is 72.8. The Morgan fingerprint density at radius 1 is 0.328 bits per heavy atom. The van der Waals surface area contributed by atoms with Gasteiger partial charge in [0, 0.05) is 53.1 Å². The van der Waals surface area contributed by atoms with Crippen LogP contribution in [0.5, 0.6) is 0 Å². The zero-order valence-electron chi connectivity index (χ0n) is 31.3. The highest BCUT2D eigenvalue weighted by molar-refractivity contribution is 7.26. The van der Waals surface area contributed by atoms with Gasteiger partial charge < -0.3 is 9.13 Å². The van der Waals surface area contributed by atoms with Gasteiger partial charge in [-0.15, -0.1) is 11.3 Å². The van der Waals surface area contributed by atoms with Crippen LogP contribution in [-0.2, 0) is 5.41 Å². The first-order valence-electron chi connectivity index (χ1n) is 20.1. The van der Waals surface area contributed by atoms with E-state index >= 15 is 0 Å². The second-order valence-electron chi connectivity index (χ2n) is 16.0. The summed E-state index contributed by atoms with van der Waals surface area (Å²) in [4.78, 5) is 0. The van der Waals surface area contributed by atoms with Crippen molar-refractivity contribution in [2.24, 2.45) is 0 Å². The van der Waals surface area contributed by atoms with E-state index in [1.165, 1.54) is 114 Å². The first-order valence-corrected chi connectivity index (χ1v) is 20.9. The van der Waals surface area contributed by atoms with Gasteiger partial charge in [0.2, 0.25) is 0 Å². The average molecular weight is 753 g/mol. The fraction of sp³-hybridized carbons (Fsp3) is 0.0182. The smallest absolute Gasteiger partial charge is 0.0726 e. The second kappa shape index (κ2) is 11.0. The van der Waals surface area contributed by atoms with Crippen LogP contribution < -0.4 is 0 Å². The molecule has 14 rings (SSSR count). The molecule has 0 saturated carbocycles. The molecule has 2 aliphatic carbocycles. The molecule has 0 unspecified atom stereocenters. The summed E-state index contributed by atoms with van der Waals surface area (Å²) < 4.78 is 7.67. The average Bonchev–Trinajstić information content (AvgIpc) is 4.06. The van der Waals surface area contributed by atoms with Crippen LogP contribution in [-0.4, -0.2) is 9.13 Å². The third-order valence-electron chi connectivity index (χ3n) is 13.3. The van der Waals surface area contributed by atoms with Crippen LogP contribution in [0.25, 0.3) is 97.4 Å². The molecule has 2 nitrogen and oxygen atoms in total. The SMILES string of the molecule is c1ccc(-n2c3ccc(-n4c5ccccc5c5c6sc7ccccc7c6ccc54)cc3c3cc4c(cc32)C2(c3ccccc3-c3ccccc32)c2ccccc2-4)cc1. The lowest BCUT2D eigenvalue weighted by Gasteiger charge is -2.30. The maximum Gasteiger partial charge on any atom is 0.0726 e. The summed E-state index contributed by atoms with van der Waals surface area (Å²) in [6.45, 7) is 0. The quantitative estimate of drug-likeness (QED) is 0.166. The summed E-state index contributed by atoms with van der Waals surface area (Å²) in [5.41, 5.74) is 17.6. The minimum Gasteiger partial charge on any atom is -0.309 e. The number of hydrogen-bond donors (Lipinski definition) is 0. The van der Waals surface area contributed by atoms with Crippen molar-refractivity contribution in [2.45, 2.75) is 5.41 Å². The van der Waals surface area contributed by atoms with Gasteiger partial charge >= 0.3 is 0 Å². The van der Waals surface area contributed by atoms with E-state index in [-0.39, 0.29) is 0 Å². The summed E-state index contributed by atoms with van der Waals surface area (Å²) in [7, 11) is 0. The van der Waals surface area contributed by atoms with Crippen molar-refractivity contribution in [3.8, 4) is 33.6 Å². The molecule has 0 fully saturated rings. The van der Waals surface area contributed by atoms with E-state index in [0.717, 1.165) is 5.69 Å². The third-order valence-corrected chi connectivity index (χ3v) is 14.5. The number of nitrogens with zero attached hydrogens (tertiary/aromatic N) is 2. The molecular formula is C55H32N2S. The van der Waals surface area contributed by atoms with Crippen molar-refractivity contribution in [3.05, 3.63) is 216 Å². The maximum absolute atomic E-state index is 2.54. The van der Waals surface area contributed by atoms with E-state index in [1.807, 2.05) is 11.3 Å². The Balaban J connectivity index is 1.10.